The van der Waals surface area contributed by atoms with Crippen LogP contribution in [0.1, 0.15) is 32.3 Å². The molecule has 10 heteroatoms. The number of carboxylic acid groups (broad SMARTS) is 1. The zero-order chi connectivity index (χ0) is 25.9. The summed E-state index contributed by atoms with van der Waals surface area (Å²) in [6.45, 7) is 2.02. The molecule has 3 amide bonds. The number of carbonyl (C=O) groups is 4. The highest BCUT2D eigenvalue weighted by molar-refractivity contribution is 7.18. The molecule has 0 fully saturated rings. The molecular weight excluding hydrogens is 480 g/mol. The molecule has 0 saturated heterocycles. The normalized spacial score (nSPS) is 11.4. The summed E-state index contributed by atoms with van der Waals surface area (Å²) in [5, 5.41) is 20.8. The number of hydrogen-bond donors (Lipinski definition) is 5. The second kappa shape index (κ2) is 13.2. The van der Waals surface area contributed by atoms with Crippen molar-refractivity contribution in [2.75, 3.05) is 25.0 Å². The van der Waals surface area contributed by atoms with Crippen molar-refractivity contribution in [2.45, 2.75) is 19.4 Å². The predicted octanol–water partition coefficient (Wildman–Crippen LogP) is 3.14. The van der Waals surface area contributed by atoms with Crippen LogP contribution in [0.4, 0.5) is 9.80 Å². The van der Waals surface area contributed by atoms with E-state index in [4.69, 9.17) is 0 Å². The summed E-state index contributed by atoms with van der Waals surface area (Å²) in [4.78, 5) is 48.6. The highest BCUT2D eigenvalue weighted by atomic mass is 32.1. The number of aliphatic carboxylic acids is 1. The molecule has 9 nitrogen and oxygen atoms in total. The fourth-order valence-corrected chi connectivity index (χ4v) is 4.13. The monoisotopic (exact) mass is 508 g/mol. The molecule has 0 spiro atoms. The van der Waals surface area contributed by atoms with E-state index in [1.807, 2.05) is 49.4 Å². The number of amides is 3. The summed E-state index contributed by atoms with van der Waals surface area (Å²) in [6, 6.07) is 19.5. The van der Waals surface area contributed by atoms with Gasteiger partial charge in [-0.2, -0.15) is 0 Å². The van der Waals surface area contributed by atoms with Gasteiger partial charge in [-0.15, -0.1) is 11.3 Å². The van der Waals surface area contributed by atoms with Crippen molar-refractivity contribution < 1.29 is 24.3 Å². The van der Waals surface area contributed by atoms with Crippen molar-refractivity contribution >= 4 is 40.0 Å². The van der Waals surface area contributed by atoms with Gasteiger partial charge in [0.15, 0.2) is 5.78 Å². The lowest BCUT2D eigenvalue weighted by atomic mass is 9.98. The van der Waals surface area contributed by atoms with Crippen LogP contribution in [-0.4, -0.2) is 48.4 Å². The van der Waals surface area contributed by atoms with E-state index >= 15 is 0 Å². The topological polar surface area (TPSA) is 137 Å². The predicted molar refractivity (Wildman–Crippen MR) is 138 cm³/mol. The summed E-state index contributed by atoms with van der Waals surface area (Å²) in [7, 11) is 0. The Balaban J connectivity index is 1.38. The van der Waals surface area contributed by atoms with Gasteiger partial charge in [-0.05, 0) is 30.2 Å². The summed E-state index contributed by atoms with van der Waals surface area (Å²) >= 11 is 1.14. The number of aryl methyl sites for hydroxylation is 1. The number of benzene rings is 2. The van der Waals surface area contributed by atoms with Gasteiger partial charge in [0, 0.05) is 13.1 Å². The fourth-order valence-electron chi connectivity index (χ4n) is 3.29. The van der Waals surface area contributed by atoms with E-state index in [0.29, 0.717) is 22.0 Å². The molecule has 1 aromatic heterocycles. The van der Waals surface area contributed by atoms with Crippen molar-refractivity contribution in [3.05, 3.63) is 88.3 Å². The average Bonchev–Trinajstić information content (AvgIpc) is 3.33. The number of hydrogen-bond acceptors (Lipinski definition) is 6. The Hall–Kier alpha value is -4.02. The third kappa shape index (κ3) is 8.33. The van der Waals surface area contributed by atoms with Crippen molar-refractivity contribution in [3.8, 4) is 0 Å². The Morgan fingerprint density at radius 2 is 1.61 bits per heavy atom. The zero-order valence-electron chi connectivity index (χ0n) is 19.7. The third-order valence-corrected chi connectivity index (χ3v) is 6.31. The quantitative estimate of drug-likeness (QED) is 0.239. The summed E-state index contributed by atoms with van der Waals surface area (Å²) in [5.41, 5.74) is 2.59. The molecule has 1 unspecified atom stereocenters. The maximum atomic E-state index is 12.4. The first-order valence-electron chi connectivity index (χ1n) is 11.3. The maximum absolute atomic E-state index is 12.4. The molecule has 3 aromatic rings. The Morgan fingerprint density at radius 1 is 0.889 bits per heavy atom. The number of ketones is 1. The van der Waals surface area contributed by atoms with Crippen molar-refractivity contribution in [1.82, 2.24) is 16.0 Å². The molecule has 0 aliphatic heterocycles. The smallest absolute Gasteiger partial charge is 0.320 e. The fraction of sp³-hybridized carbons (Fsp3) is 0.231. The van der Waals surface area contributed by atoms with Crippen molar-refractivity contribution in [2.24, 2.45) is 0 Å². The van der Waals surface area contributed by atoms with Crippen LogP contribution in [0.2, 0.25) is 0 Å². The van der Waals surface area contributed by atoms with Crippen LogP contribution in [0.5, 0.6) is 0 Å². The van der Waals surface area contributed by atoms with Gasteiger partial charge in [0.2, 0.25) is 5.91 Å². The molecule has 3 rings (SSSR count). The zero-order valence-corrected chi connectivity index (χ0v) is 20.6. The Bertz CT molecular complexity index is 1190. The van der Waals surface area contributed by atoms with Crippen LogP contribution >= 0.6 is 11.3 Å². The molecule has 0 bridgehead atoms. The van der Waals surface area contributed by atoms with E-state index in [9.17, 15) is 24.3 Å². The van der Waals surface area contributed by atoms with E-state index in [1.165, 1.54) is 0 Å². The first kappa shape index (κ1) is 26.6. The number of urea groups is 1. The molecule has 188 valence electrons. The highest BCUT2D eigenvalue weighted by Crippen LogP contribution is 2.22. The average molecular weight is 509 g/mol. The van der Waals surface area contributed by atoms with Crippen LogP contribution in [0.25, 0.3) is 0 Å². The van der Waals surface area contributed by atoms with Crippen LogP contribution in [0.15, 0.2) is 66.7 Å². The van der Waals surface area contributed by atoms with E-state index in [2.05, 4.69) is 21.3 Å². The van der Waals surface area contributed by atoms with Gasteiger partial charge in [0.25, 0.3) is 0 Å². The minimum Gasteiger partial charge on any atom is -0.481 e. The van der Waals surface area contributed by atoms with E-state index < -0.39 is 17.8 Å². The molecule has 1 atom stereocenters. The molecular formula is C26H28N4O5S. The van der Waals surface area contributed by atoms with Crippen LogP contribution in [0.3, 0.4) is 0 Å². The Labute approximate surface area is 212 Å². The van der Waals surface area contributed by atoms with Gasteiger partial charge >= 0.3 is 12.0 Å². The van der Waals surface area contributed by atoms with Crippen molar-refractivity contribution in [3.63, 3.8) is 0 Å². The number of rotatable bonds is 12. The lowest BCUT2D eigenvalue weighted by molar-refractivity contribution is -0.138. The molecule has 2 aromatic carbocycles. The summed E-state index contributed by atoms with van der Waals surface area (Å²) < 4.78 is 0. The van der Waals surface area contributed by atoms with Crippen LogP contribution in [-0.2, 0) is 16.1 Å². The van der Waals surface area contributed by atoms with Gasteiger partial charge in [-0.25, -0.2) is 4.79 Å². The van der Waals surface area contributed by atoms with Gasteiger partial charge < -0.3 is 21.1 Å². The van der Waals surface area contributed by atoms with E-state index in [1.54, 1.807) is 24.3 Å². The SMILES string of the molecule is Cc1ccc(C(CNC(=O)CNCC(=O)c2ccc(NC(=O)NCc3ccccc3)s2)C(=O)O)cc1. The lowest BCUT2D eigenvalue weighted by Crippen LogP contribution is -2.39. The minimum atomic E-state index is -1.03. The minimum absolute atomic E-state index is 0.0564. The number of anilines is 1. The summed E-state index contributed by atoms with van der Waals surface area (Å²) in [6.07, 6.45) is 0. The Kier molecular flexibility index (Phi) is 9.73. The second-order valence-electron chi connectivity index (χ2n) is 8.09. The number of nitrogens with one attached hydrogen (secondary N) is 4. The van der Waals surface area contributed by atoms with Crippen LogP contribution in [0, 0.1) is 6.92 Å². The number of Topliss-reactive ketones (excluding diaryl/α,β-unsaturated/α-hetero) is 1. The number of thiophene rings is 1. The van der Waals surface area contributed by atoms with E-state index in [0.717, 1.165) is 22.5 Å². The molecule has 5 N–H and O–H groups in total. The number of carbonyl (C=O) groups excluding carboxylic acids is 3. The van der Waals surface area contributed by atoms with Gasteiger partial charge in [0.1, 0.15) is 0 Å². The maximum Gasteiger partial charge on any atom is 0.320 e. The van der Waals surface area contributed by atoms with E-state index in [-0.39, 0.29) is 31.4 Å². The van der Waals surface area contributed by atoms with Gasteiger partial charge in [-0.1, -0.05) is 60.2 Å². The standard InChI is InChI=1S/C26H28N4O5S/c1-17-7-9-19(10-8-17)20(25(33)34)14-28-23(32)16-27-15-21(31)22-11-12-24(36-22)30-26(35)29-13-18-5-3-2-4-6-18/h2-12,20,27H,13-16H2,1H3,(H,28,32)(H,33,34)(H2,29,30,35). The first-order chi connectivity index (χ1) is 17.3. The molecule has 0 aliphatic carbocycles. The first-order valence-corrected chi connectivity index (χ1v) is 12.1. The molecule has 0 saturated carbocycles. The second-order valence-corrected chi connectivity index (χ2v) is 9.17. The van der Waals surface area contributed by atoms with Crippen molar-refractivity contribution in [1.29, 1.82) is 0 Å². The lowest BCUT2D eigenvalue weighted by Gasteiger charge is -2.14. The van der Waals surface area contributed by atoms with Crippen LogP contribution < -0.4 is 21.3 Å². The highest BCUT2D eigenvalue weighted by Gasteiger charge is 2.20. The Morgan fingerprint density at radius 3 is 2.31 bits per heavy atom. The summed E-state index contributed by atoms with van der Waals surface area (Å²) in [5.74, 6) is -2.53. The molecule has 0 radical (unpaired) electrons. The molecule has 1 heterocycles. The third-order valence-electron chi connectivity index (χ3n) is 5.27. The van der Waals surface area contributed by atoms with Gasteiger partial charge in [-0.3, -0.25) is 19.7 Å². The van der Waals surface area contributed by atoms with Gasteiger partial charge in [0.05, 0.1) is 28.9 Å². The number of carboxylic acids is 1. The molecule has 0 aliphatic rings. The molecule has 36 heavy (non-hydrogen) atoms. The largest absolute Gasteiger partial charge is 0.481 e.